The molecule has 0 aliphatic heterocycles. The van der Waals surface area contributed by atoms with Gasteiger partial charge in [-0.05, 0) is 30.7 Å². The first-order chi connectivity index (χ1) is 10.2. The molecule has 0 unspecified atom stereocenters. The molecular weight excluding hydrogens is 266 g/mol. The molecule has 0 fully saturated rings. The molecule has 0 spiro atoms. The van der Waals surface area contributed by atoms with E-state index in [2.05, 4.69) is 29.4 Å². The van der Waals surface area contributed by atoms with Gasteiger partial charge in [-0.3, -0.25) is 5.10 Å². The molecular formula is C16H23N3O2. The molecule has 0 saturated heterocycles. The molecule has 5 nitrogen and oxygen atoms in total. The van der Waals surface area contributed by atoms with Crippen LogP contribution in [0.4, 0.5) is 0 Å². The molecule has 1 aromatic heterocycles. The number of benzene rings is 1. The van der Waals surface area contributed by atoms with E-state index in [0.717, 1.165) is 41.4 Å². The smallest absolute Gasteiger partial charge is 0.128 e. The van der Waals surface area contributed by atoms with Crippen LogP contribution in [0.3, 0.4) is 0 Å². The Labute approximate surface area is 125 Å². The quantitative estimate of drug-likeness (QED) is 0.823. The van der Waals surface area contributed by atoms with Gasteiger partial charge < -0.3 is 14.8 Å². The molecule has 0 radical (unpaired) electrons. The fourth-order valence-corrected chi connectivity index (χ4v) is 2.18. The molecule has 2 rings (SSSR count). The van der Waals surface area contributed by atoms with Crippen LogP contribution in [0.15, 0.2) is 24.4 Å². The highest BCUT2D eigenvalue weighted by atomic mass is 16.5. The van der Waals surface area contributed by atoms with Crippen molar-refractivity contribution in [3.05, 3.63) is 30.0 Å². The summed E-state index contributed by atoms with van der Waals surface area (Å²) in [5.41, 5.74) is 3.03. The van der Waals surface area contributed by atoms with Gasteiger partial charge in [0.25, 0.3) is 0 Å². The van der Waals surface area contributed by atoms with Crippen molar-refractivity contribution in [3.63, 3.8) is 0 Å². The second-order valence-corrected chi connectivity index (χ2v) is 5.36. The van der Waals surface area contributed by atoms with Crippen LogP contribution in [0.5, 0.6) is 11.5 Å². The van der Waals surface area contributed by atoms with Crippen LogP contribution in [0, 0.1) is 5.92 Å². The predicted molar refractivity (Wildman–Crippen MR) is 83.7 cm³/mol. The lowest BCUT2D eigenvalue weighted by Crippen LogP contribution is -2.19. The number of methoxy groups -OCH3 is 2. The molecule has 1 aromatic carbocycles. The van der Waals surface area contributed by atoms with E-state index in [9.17, 15) is 0 Å². The lowest BCUT2D eigenvalue weighted by atomic mass is 10.1. The number of aromatic nitrogens is 2. The lowest BCUT2D eigenvalue weighted by Gasteiger charge is -2.12. The second kappa shape index (κ2) is 7.13. The van der Waals surface area contributed by atoms with Crippen LogP contribution < -0.4 is 14.8 Å². The van der Waals surface area contributed by atoms with Gasteiger partial charge in [-0.25, -0.2) is 0 Å². The number of nitrogens with one attached hydrogen (secondary N) is 2. The summed E-state index contributed by atoms with van der Waals surface area (Å²) in [4.78, 5) is 0. The van der Waals surface area contributed by atoms with Crippen molar-refractivity contribution < 1.29 is 9.47 Å². The van der Waals surface area contributed by atoms with Crippen molar-refractivity contribution in [1.29, 1.82) is 0 Å². The summed E-state index contributed by atoms with van der Waals surface area (Å²) in [7, 11) is 3.32. The van der Waals surface area contributed by atoms with Crippen LogP contribution in [-0.4, -0.2) is 31.0 Å². The third-order valence-corrected chi connectivity index (χ3v) is 3.26. The van der Waals surface area contributed by atoms with Crippen molar-refractivity contribution in [1.82, 2.24) is 15.5 Å². The van der Waals surface area contributed by atoms with Gasteiger partial charge in [0.05, 0.1) is 26.1 Å². The van der Waals surface area contributed by atoms with Gasteiger partial charge in [-0.2, -0.15) is 5.10 Å². The average molecular weight is 289 g/mol. The van der Waals surface area contributed by atoms with Crippen molar-refractivity contribution in [2.45, 2.75) is 20.4 Å². The fourth-order valence-electron chi connectivity index (χ4n) is 2.18. The van der Waals surface area contributed by atoms with Gasteiger partial charge in [-0.1, -0.05) is 13.8 Å². The van der Waals surface area contributed by atoms with E-state index in [1.165, 1.54) is 0 Å². The molecule has 0 saturated carbocycles. The van der Waals surface area contributed by atoms with Crippen molar-refractivity contribution in [2.24, 2.45) is 5.92 Å². The highest BCUT2D eigenvalue weighted by molar-refractivity contribution is 5.71. The molecule has 114 valence electrons. The third kappa shape index (κ3) is 3.76. The van der Waals surface area contributed by atoms with E-state index in [0.29, 0.717) is 5.92 Å². The summed E-state index contributed by atoms with van der Waals surface area (Å²) in [6, 6.07) is 5.74. The molecule has 0 bridgehead atoms. The maximum atomic E-state index is 5.44. The van der Waals surface area contributed by atoms with Crippen LogP contribution in [0.2, 0.25) is 0 Å². The van der Waals surface area contributed by atoms with Crippen molar-refractivity contribution in [2.75, 3.05) is 20.8 Å². The summed E-state index contributed by atoms with van der Waals surface area (Å²) < 4.78 is 10.7. The van der Waals surface area contributed by atoms with E-state index in [1.54, 1.807) is 14.2 Å². The Kier molecular flexibility index (Phi) is 5.22. The fraction of sp³-hybridized carbons (Fsp3) is 0.438. The Hall–Kier alpha value is -2.01. The van der Waals surface area contributed by atoms with Gasteiger partial charge in [0.1, 0.15) is 11.5 Å². The standard InChI is InChI=1S/C16H23N3O2/c1-11(2)8-17-9-12-10-18-19-16(12)14-7-13(20-3)5-6-15(14)21-4/h5-7,10-11,17H,8-9H2,1-4H3,(H,18,19). The Balaban J connectivity index is 2.27. The number of rotatable bonds is 7. The lowest BCUT2D eigenvalue weighted by molar-refractivity contribution is 0.404. The minimum Gasteiger partial charge on any atom is -0.497 e. The predicted octanol–water partition coefficient (Wildman–Crippen LogP) is 2.84. The van der Waals surface area contributed by atoms with Gasteiger partial charge >= 0.3 is 0 Å². The van der Waals surface area contributed by atoms with Gasteiger partial charge in [0.15, 0.2) is 0 Å². The highest BCUT2D eigenvalue weighted by Gasteiger charge is 2.13. The zero-order chi connectivity index (χ0) is 15.2. The van der Waals surface area contributed by atoms with E-state index < -0.39 is 0 Å². The Bertz CT molecular complexity index is 579. The Morgan fingerprint density at radius 3 is 2.71 bits per heavy atom. The van der Waals surface area contributed by atoms with Crippen LogP contribution in [0.1, 0.15) is 19.4 Å². The number of nitrogens with zero attached hydrogens (tertiary/aromatic N) is 1. The summed E-state index contributed by atoms with van der Waals surface area (Å²) in [5.74, 6) is 2.21. The number of H-pyrrole nitrogens is 1. The first-order valence-corrected chi connectivity index (χ1v) is 7.11. The number of hydrogen-bond donors (Lipinski definition) is 2. The Morgan fingerprint density at radius 2 is 2.05 bits per heavy atom. The zero-order valence-corrected chi connectivity index (χ0v) is 13.1. The summed E-state index contributed by atoms with van der Waals surface area (Å²) >= 11 is 0. The summed E-state index contributed by atoms with van der Waals surface area (Å²) in [5, 5.41) is 10.7. The maximum Gasteiger partial charge on any atom is 0.128 e. The molecule has 5 heteroatoms. The molecule has 2 aromatic rings. The normalized spacial score (nSPS) is 10.9. The second-order valence-electron chi connectivity index (χ2n) is 5.36. The van der Waals surface area contributed by atoms with Crippen LogP contribution in [-0.2, 0) is 6.54 Å². The van der Waals surface area contributed by atoms with Gasteiger partial charge in [-0.15, -0.1) is 0 Å². The maximum absolute atomic E-state index is 5.44. The summed E-state index contributed by atoms with van der Waals surface area (Å²) in [6.45, 7) is 6.12. The van der Waals surface area contributed by atoms with E-state index in [1.807, 2.05) is 24.4 Å². The average Bonchev–Trinajstić information content (AvgIpc) is 2.94. The summed E-state index contributed by atoms with van der Waals surface area (Å²) in [6.07, 6.45) is 1.85. The SMILES string of the molecule is COc1ccc(OC)c(-c2[nH]ncc2CNCC(C)C)c1. The van der Waals surface area contributed by atoms with Crippen LogP contribution >= 0.6 is 0 Å². The van der Waals surface area contributed by atoms with Gasteiger partial charge in [0.2, 0.25) is 0 Å². The first-order valence-electron chi connectivity index (χ1n) is 7.11. The van der Waals surface area contributed by atoms with Crippen molar-refractivity contribution in [3.8, 4) is 22.8 Å². The minimum absolute atomic E-state index is 0.617. The molecule has 2 N–H and O–H groups in total. The Morgan fingerprint density at radius 1 is 1.24 bits per heavy atom. The molecule has 21 heavy (non-hydrogen) atoms. The van der Waals surface area contributed by atoms with Gasteiger partial charge in [0, 0.05) is 17.7 Å². The minimum atomic E-state index is 0.617. The van der Waals surface area contributed by atoms with Crippen LogP contribution in [0.25, 0.3) is 11.3 Å². The highest BCUT2D eigenvalue weighted by Crippen LogP contribution is 2.33. The molecule has 0 atom stereocenters. The number of aromatic amines is 1. The monoisotopic (exact) mass is 289 g/mol. The first kappa shape index (κ1) is 15.4. The third-order valence-electron chi connectivity index (χ3n) is 3.26. The molecule has 1 heterocycles. The van der Waals surface area contributed by atoms with E-state index in [-0.39, 0.29) is 0 Å². The topological polar surface area (TPSA) is 59.2 Å². The molecule has 0 amide bonds. The molecule has 0 aliphatic carbocycles. The van der Waals surface area contributed by atoms with Crippen molar-refractivity contribution >= 4 is 0 Å². The zero-order valence-electron chi connectivity index (χ0n) is 13.1. The number of hydrogen-bond acceptors (Lipinski definition) is 4. The number of ether oxygens (including phenoxy) is 2. The van der Waals surface area contributed by atoms with E-state index in [4.69, 9.17) is 9.47 Å². The molecule has 0 aliphatic rings. The largest absolute Gasteiger partial charge is 0.497 e. The van der Waals surface area contributed by atoms with E-state index >= 15 is 0 Å².